The number of hydrogen-bond acceptors (Lipinski definition) is 2. The minimum Gasteiger partial charge on any atom is -0.491 e. The molecule has 2 N–H and O–H groups in total. The number of ether oxygens (including phenoxy) is 1. The lowest BCUT2D eigenvalue weighted by Crippen LogP contribution is -2.05. The number of carboxylic acid groups (broad SMARTS) is 1. The molecule has 0 bridgehead atoms. The van der Waals surface area contributed by atoms with Gasteiger partial charge in [0.1, 0.15) is 5.75 Å². The summed E-state index contributed by atoms with van der Waals surface area (Å²) in [6.07, 6.45) is 0.801. The van der Waals surface area contributed by atoms with Crippen LogP contribution < -0.4 is 4.74 Å². The summed E-state index contributed by atoms with van der Waals surface area (Å²) in [5.74, 6) is 0.0430. The highest BCUT2D eigenvalue weighted by molar-refractivity contribution is 5.86. The Morgan fingerprint density at radius 3 is 2.79 bits per heavy atom. The van der Waals surface area contributed by atoms with E-state index in [1.807, 2.05) is 39.0 Å². The molecule has 0 amide bonds. The van der Waals surface area contributed by atoms with Gasteiger partial charge in [0.25, 0.3) is 0 Å². The third-order valence-electron chi connectivity index (χ3n) is 3.05. The Balaban J connectivity index is 2.38. The number of fused-ring (bicyclic) bond motifs is 1. The maximum atomic E-state index is 10.7. The molecule has 4 nitrogen and oxygen atoms in total. The highest BCUT2D eigenvalue weighted by atomic mass is 16.5. The Bertz CT molecular complexity index is 599. The van der Waals surface area contributed by atoms with E-state index in [-0.39, 0.29) is 12.5 Å². The second kappa shape index (κ2) is 5.34. The van der Waals surface area contributed by atoms with Gasteiger partial charge in [-0.1, -0.05) is 0 Å². The third-order valence-corrected chi connectivity index (χ3v) is 3.05. The predicted octanol–water partition coefficient (Wildman–Crippen LogP) is 3.28. The Kier molecular flexibility index (Phi) is 3.79. The van der Waals surface area contributed by atoms with Crippen molar-refractivity contribution in [3.8, 4) is 5.75 Å². The molecule has 0 aliphatic rings. The summed E-state index contributed by atoms with van der Waals surface area (Å²) < 4.78 is 5.68. The van der Waals surface area contributed by atoms with Crippen molar-refractivity contribution in [2.75, 3.05) is 0 Å². The molecule has 0 radical (unpaired) electrons. The topological polar surface area (TPSA) is 62.3 Å². The molecule has 0 saturated heterocycles. The van der Waals surface area contributed by atoms with E-state index < -0.39 is 5.97 Å². The van der Waals surface area contributed by atoms with Gasteiger partial charge in [-0.2, -0.15) is 0 Å². The molecule has 2 rings (SSSR count). The zero-order chi connectivity index (χ0) is 14.0. The van der Waals surface area contributed by atoms with Crippen LogP contribution in [-0.4, -0.2) is 22.2 Å². The van der Waals surface area contributed by atoms with Gasteiger partial charge < -0.3 is 14.8 Å². The second-order valence-electron chi connectivity index (χ2n) is 5.00. The monoisotopic (exact) mass is 261 g/mol. The average molecular weight is 261 g/mol. The summed E-state index contributed by atoms with van der Waals surface area (Å²) in [4.78, 5) is 14.0. The Labute approximate surface area is 112 Å². The van der Waals surface area contributed by atoms with Crippen molar-refractivity contribution in [3.05, 3.63) is 29.5 Å². The molecule has 0 aliphatic carbocycles. The first-order valence-electron chi connectivity index (χ1n) is 6.47. The van der Waals surface area contributed by atoms with E-state index in [1.54, 1.807) is 0 Å². The summed E-state index contributed by atoms with van der Waals surface area (Å²) in [7, 11) is 0. The molecular formula is C15H19NO3. The lowest BCUT2D eigenvalue weighted by Gasteiger charge is -2.09. The van der Waals surface area contributed by atoms with Crippen LogP contribution >= 0.6 is 0 Å². The fraction of sp³-hybridized carbons (Fsp3) is 0.400. The Hall–Kier alpha value is -1.97. The quantitative estimate of drug-likeness (QED) is 0.868. The predicted molar refractivity (Wildman–Crippen MR) is 74.8 cm³/mol. The van der Waals surface area contributed by atoms with Gasteiger partial charge in [-0.15, -0.1) is 0 Å². The fourth-order valence-corrected chi connectivity index (χ4v) is 2.26. The van der Waals surface area contributed by atoms with Crippen LogP contribution in [0.15, 0.2) is 18.2 Å². The van der Waals surface area contributed by atoms with Gasteiger partial charge >= 0.3 is 5.97 Å². The number of rotatable bonds is 5. The molecule has 0 unspecified atom stereocenters. The van der Waals surface area contributed by atoms with Crippen LogP contribution in [-0.2, 0) is 11.2 Å². The van der Waals surface area contributed by atoms with Crippen LogP contribution in [0.2, 0.25) is 0 Å². The molecule has 0 fully saturated rings. The molecule has 0 atom stereocenters. The number of nitrogens with one attached hydrogen (secondary N) is 1. The van der Waals surface area contributed by atoms with Crippen molar-refractivity contribution in [2.24, 2.45) is 0 Å². The van der Waals surface area contributed by atoms with Crippen molar-refractivity contribution < 1.29 is 14.6 Å². The van der Waals surface area contributed by atoms with Gasteiger partial charge in [0, 0.05) is 23.0 Å². The van der Waals surface area contributed by atoms with Gasteiger partial charge in [0.05, 0.1) is 6.10 Å². The van der Waals surface area contributed by atoms with E-state index in [2.05, 4.69) is 4.98 Å². The second-order valence-corrected chi connectivity index (χ2v) is 5.00. The molecule has 1 aromatic carbocycles. The number of aromatic amines is 1. The number of carboxylic acids is 1. The zero-order valence-electron chi connectivity index (χ0n) is 11.5. The van der Waals surface area contributed by atoms with Crippen molar-refractivity contribution in [2.45, 2.75) is 39.7 Å². The minimum atomic E-state index is -0.775. The lowest BCUT2D eigenvalue weighted by molar-refractivity contribution is -0.136. The van der Waals surface area contributed by atoms with E-state index in [1.165, 1.54) is 0 Å². The first-order valence-corrected chi connectivity index (χ1v) is 6.47. The highest BCUT2D eigenvalue weighted by Gasteiger charge is 2.11. The Morgan fingerprint density at radius 1 is 1.42 bits per heavy atom. The van der Waals surface area contributed by atoms with E-state index in [9.17, 15) is 4.79 Å². The van der Waals surface area contributed by atoms with E-state index >= 15 is 0 Å². The van der Waals surface area contributed by atoms with E-state index in [0.29, 0.717) is 6.42 Å². The molecule has 0 saturated carbocycles. The standard InChI is InChI=1S/C15H19NO3/c1-9(2)19-11-4-6-14-13(8-11)12(10(3)16-14)5-7-15(17)18/h4,6,8-9,16H,5,7H2,1-3H3,(H,17,18). The van der Waals surface area contributed by atoms with Crippen LogP contribution in [0.4, 0.5) is 0 Å². The number of aromatic nitrogens is 1. The van der Waals surface area contributed by atoms with Crippen LogP contribution in [0.5, 0.6) is 5.75 Å². The number of carbonyl (C=O) groups is 1. The number of H-pyrrole nitrogens is 1. The molecule has 2 aromatic rings. The van der Waals surface area contributed by atoms with Gasteiger partial charge in [0.2, 0.25) is 0 Å². The summed E-state index contributed by atoms with van der Waals surface area (Å²) in [6, 6.07) is 5.89. The van der Waals surface area contributed by atoms with Crippen molar-refractivity contribution >= 4 is 16.9 Å². The van der Waals surface area contributed by atoms with Crippen LogP contribution in [0.25, 0.3) is 10.9 Å². The molecule has 1 aromatic heterocycles. The number of aryl methyl sites for hydroxylation is 2. The number of aliphatic carboxylic acids is 1. The third kappa shape index (κ3) is 3.08. The molecular weight excluding hydrogens is 242 g/mol. The molecule has 1 heterocycles. The molecule has 102 valence electrons. The normalized spacial score (nSPS) is 11.2. The average Bonchev–Trinajstić information content (AvgIpc) is 2.61. The largest absolute Gasteiger partial charge is 0.491 e. The Morgan fingerprint density at radius 2 is 2.16 bits per heavy atom. The van der Waals surface area contributed by atoms with Crippen LogP contribution in [0, 0.1) is 6.92 Å². The number of benzene rings is 1. The van der Waals surface area contributed by atoms with Gasteiger partial charge in [0.15, 0.2) is 0 Å². The first-order chi connectivity index (χ1) is 8.97. The van der Waals surface area contributed by atoms with Crippen molar-refractivity contribution in [3.63, 3.8) is 0 Å². The van der Waals surface area contributed by atoms with E-state index in [4.69, 9.17) is 9.84 Å². The molecule has 19 heavy (non-hydrogen) atoms. The first kappa shape index (κ1) is 13.5. The minimum absolute atomic E-state index is 0.125. The molecule has 0 aliphatic heterocycles. The van der Waals surface area contributed by atoms with Gasteiger partial charge in [-0.25, -0.2) is 0 Å². The number of hydrogen-bond donors (Lipinski definition) is 2. The maximum Gasteiger partial charge on any atom is 0.303 e. The maximum absolute atomic E-state index is 10.7. The summed E-state index contributed by atoms with van der Waals surface area (Å²) >= 11 is 0. The highest BCUT2D eigenvalue weighted by Crippen LogP contribution is 2.27. The lowest BCUT2D eigenvalue weighted by atomic mass is 10.1. The SMILES string of the molecule is Cc1[nH]c2ccc(OC(C)C)cc2c1CCC(=O)O. The summed E-state index contributed by atoms with van der Waals surface area (Å²) in [5.41, 5.74) is 3.11. The van der Waals surface area contributed by atoms with Crippen LogP contribution in [0.3, 0.4) is 0 Å². The van der Waals surface area contributed by atoms with Gasteiger partial charge in [-0.3, -0.25) is 4.79 Å². The smallest absolute Gasteiger partial charge is 0.303 e. The van der Waals surface area contributed by atoms with Crippen molar-refractivity contribution in [1.29, 1.82) is 0 Å². The van der Waals surface area contributed by atoms with Gasteiger partial charge in [-0.05, 0) is 51.0 Å². The fourth-order valence-electron chi connectivity index (χ4n) is 2.26. The van der Waals surface area contributed by atoms with Crippen LogP contribution in [0.1, 0.15) is 31.5 Å². The van der Waals surface area contributed by atoms with Crippen molar-refractivity contribution in [1.82, 2.24) is 4.98 Å². The molecule has 0 spiro atoms. The summed E-state index contributed by atoms with van der Waals surface area (Å²) in [6.45, 7) is 5.94. The molecule has 4 heteroatoms. The zero-order valence-corrected chi connectivity index (χ0v) is 11.5. The van der Waals surface area contributed by atoms with E-state index in [0.717, 1.165) is 27.9 Å². The summed E-state index contributed by atoms with van der Waals surface area (Å²) in [5, 5.41) is 9.87.